The summed E-state index contributed by atoms with van der Waals surface area (Å²) in [6.45, 7) is 9.22. The van der Waals surface area contributed by atoms with Crippen LogP contribution in [-0.4, -0.2) is 42.8 Å². The lowest BCUT2D eigenvalue weighted by Gasteiger charge is -2.38. The normalized spacial score (nSPS) is 19.4. The summed E-state index contributed by atoms with van der Waals surface area (Å²) in [5.74, 6) is 0.785. The SMILES string of the molecule is CCCCCCOc1cccc(NC(=O)O[C@H]2CCCC[C@@H]2N(CC)CC)c1. The zero-order chi connectivity index (χ0) is 20.2. The number of benzene rings is 1. The van der Waals surface area contributed by atoms with Crippen molar-refractivity contribution >= 4 is 11.8 Å². The maximum absolute atomic E-state index is 12.5. The topological polar surface area (TPSA) is 50.8 Å². The molecule has 1 saturated carbocycles. The molecule has 0 heterocycles. The maximum atomic E-state index is 12.5. The van der Waals surface area contributed by atoms with Crippen LogP contribution in [0.2, 0.25) is 0 Å². The fourth-order valence-corrected chi connectivity index (χ4v) is 3.99. The summed E-state index contributed by atoms with van der Waals surface area (Å²) in [5, 5.41) is 2.88. The molecule has 158 valence electrons. The summed E-state index contributed by atoms with van der Waals surface area (Å²) < 4.78 is 11.6. The molecule has 1 aliphatic carbocycles. The molecule has 0 radical (unpaired) electrons. The van der Waals surface area contributed by atoms with E-state index < -0.39 is 0 Å². The summed E-state index contributed by atoms with van der Waals surface area (Å²) in [5.41, 5.74) is 0.714. The highest BCUT2D eigenvalue weighted by molar-refractivity contribution is 5.85. The monoisotopic (exact) mass is 390 g/mol. The van der Waals surface area contributed by atoms with Crippen LogP contribution in [0.1, 0.15) is 72.1 Å². The number of carbonyl (C=O) groups is 1. The number of carbonyl (C=O) groups excluding carboxylic acids is 1. The molecule has 0 bridgehead atoms. The Labute approximate surface area is 170 Å². The second kappa shape index (κ2) is 12.7. The molecule has 1 aromatic rings. The van der Waals surface area contributed by atoms with Crippen LogP contribution >= 0.6 is 0 Å². The largest absolute Gasteiger partial charge is 0.494 e. The van der Waals surface area contributed by atoms with E-state index in [4.69, 9.17) is 9.47 Å². The van der Waals surface area contributed by atoms with Crippen molar-refractivity contribution < 1.29 is 14.3 Å². The van der Waals surface area contributed by atoms with Crippen molar-refractivity contribution in [3.8, 4) is 5.75 Å². The number of anilines is 1. The van der Waals surface area contributed by atoms with Gasteiger partial charge in [0.15, 0.2) is 0 Å². The van der Waals surface area contributed by atoms with Gasteiger partial charge in [-0.05, 0) is 50.9 Å². The van der Waals surface area contributed by atoms with Gasteiger partial charge in [0.05, 0.1) is 6.61 Å². The van der Waals surface area contributed by atoms with E-state index in [2.05, 4.69) is 31.0 Å². The molecule has 1 aliphatic rings. The molecule has 2 atom stereocenters. The Morgan fingerprint density at radius 3 is 2.64 bits per heavy atom. The van der Waals surface area contributed by atoms with Crippen LogP contribution in [0.3, 0.4) is 0 Å². The van der Waals surface area contributed by atoms with Gasteiger partial charge in [0.25, 0.3) is 0 Å². The zero-order valence-electron chi connectivity index (χ0n) is 17.9. The molecular formula is C23H38N2O3. The van der Waals surface area contributed by atoms with Crippen molar-refractivity contribution in [2.75, 3.05) is 25.0 Å². The van der Waals surface area contributed by atoms with Gasteiger partial charge in [-0.25, -0.2) is 4.79 Å². The first kappa shape index (κ1) is 22.5. The van der Waals surface area contributed by atoms with Gasteiger partial charge >= 0.3 is 6.09 Å². The van der Waals surface area contributed by atoms with Crippen LogP contribution in [0, 0.1) is 0 Å². The maximum Gasteiger partial charge on any atom is 0.411 e. The molecule has 1 amide bonds. The van der Waals surface area contributed by atoms with Crippen LogP contribution < -0.4 is 10.1 Å². The number of rotatable bonds is 11. The Balaban J connectivity index is 1.85. The van der Waals surface area contributed by atoms with Crippen molar-refractivity contribution in [3.05, 3.63) is 24.3 Å². The highest BCUT2D eigenvalue weighted by Crippen LogP contribution is 2.26. The number of hydrogen-bond donors (Lipinski definition) is 1. The van der Waals surface area contributed by atoms with Crippen LogP contribution in [0.25, 0.3) is 0 Å². The van der Waals surface area contributed by atoms with Gasteiger partial charge < -0.3 is 9.47 Å². The molecule has 28 heavy (non-hydrogen) atoms. The van der Waals surface area contributed by atoms with Gasteiger partial charge in [-0.3, -0.25) is 10.2 Å². The van der Waals surface area contributed by atoms with Crippen LogP contribution in [-0.2, 0) is 4.74 Å². The fourth-order valence-electron chi connectivity index (χ4n) is 3.99. The Kier molecular flexibility index (Phi) is 10.2. The highest BCUT2D eigenvalue weighted by Gasteiger charge is 2.31. The number of nitrogens with zero attached hydrogens (tertiary/aromatic N) is 1. The minimum atomic E-state index is -0.371. The van der Waals surface area contributed by atoms with E-state index in [0.717, 1.165) is 44.5 Å². The Morgan fingerprint density at radius 2 is 1.89 bits per heavy atom. The summed E-state index contributed by atoms with van der Waals surface area (Å²) in [6.07, 6.45) is 8.67. The molecule has 1 N–H and O–H groups in total. The average Bonchev–Trinajstić information content (AvgIpc) is 2.70. The molecule has 1 fully saturated rings. The number of nitrogens with one attached hydrogen (secondary N) is 1. The van der Waals surface area contributed by atoms with Crippen LogP contribution in [0.5, 0.6) is 5.75 Å². The smallest absolute Gasteiger partial charge is 0.411 e. The number of amides is 1. The second-order valence-corrected chi connectivity index (χ2v) is 7.58. The Bertz CT molecular complexity index is 575. The molecule has 5 heteroatoms. The van der Waals surface area contributed by atoms with E-state index in [0.29, 0.717) is 18.3 Å². The lowest BCUT2D eigenvalue weighted by atomic mass is 9.91. The number of hydrogen-bond acceptors (Lipinski definition) is 4. The van der Waals surface area contributed by atoms with Crippen LogP contribution in [0.15, 0.2) is 24.3 Å². The van der Waals surface area contributed by atoms with Crippen molar-refractivity contribution in [3.63, 3.8) is 0 Å². The van der Waals surface area contributed by atoms with Gasteiger partial charge in [-0.1, -0.05) is 52.5 Å². The lowest BCUT2D eigenvalue weighted by Crippen LogP contribution is -2.47. The first-order valence-electron chi connectivity index (χ1n) is 11.1. The van der Waals surface area contributed by atoms with Gasteiger partial charge in [0.1, 0.15) is 11.9 Å². The van der Waals surface area contributed by atoms with Crippen LogP contribution in [0.4, 0.5) is 10.5 Å². The van der Waals surface area contributed by atoms with E-state index in [1.165, 1.54) is 25.7 Å². The Hall–Kier alpha value is -1.75. The molecule has 2 rings (SSSR count). The predicted molar refractivity (Wildman–Crippen MR) is 115 cm³/mol. The number of likely N-dealkylation sites (N-methyl/N-ethyl adjacent to an activating group) is 1. The van der Waals surface area contributed by atoms with Gasteiger partial charge in [-0.2, -0.15) is 0 Å². The van der Waals surface area contributed by atoms with E-state index >= 15 is 0 Å². The van der Waals surface area contributed by atoms with Gasteiger partial charge in [-0.15, -0.1) is 0 Å². The molecule has 1 aromatic carbocycles. The third kappa shape index (κ3) is 7.34. The zero-order valence-corrected chi connectivity index (χ0v) is 17.9. The lowest BCUT2D eigenvalue weighted by molar-refractivity contribution is 0.0125. The van der Waals surface area contributed by atoms with Crippen molar-refractivity contribution in [2.45, 2.75) is 84.3 Å². The minimum Gasteiger partial charge on any atom is -0.494 e. The molecule has 0 unspecified atom stereocenters. The van der Waals surface area contributed by atoms with E-state index in [-0.39, 0.29) is 12.2 Å². The van der Waals surface area contributed by atoms with E-state index in [1.807, 2.05) is 24.3 Å². The Morgan fingerprint density at radius 1 is 1.11 bits per heavy atom. The highest BCUT2D eigenvalue weighted by atomic mass is 16.6. The molecule has 0 spiro atoms. The standard InChI is InChI=1S/C23H38N2O3/c1-4-7-8-11-17-27-20-14-12-13-19(18-20)24-23(26)28-22-16-10-9-15-21(22)25(5-2)6-3/h12-14,18,21-22H,4-11,15-17H2,1-3H3,(H,24,26)/t21-,22-/m0/s1. The number of ether oxygens (including phenoxy) is 2. The third-order valence-electron chi connectivity index (χ3n) is 5.55. The second-order valence-electron chi connectivity index (χ2n) is 7.58. The predicted octanol–water partition coefficient (Wildman–Crippen LogP) is 5.85. The quantitative estimate of drug-likeness (QED) is 0.482. The summed E-state index contributed by atoms with van der Waals surface area (Å²) in [7, 11) is 0. The molecule has 0 aromatic heterocycles. The number of unbranched alkanes of at least 4 members (excludes halogenated alkanes) is 3. The van der Waals surface area contributed by atoms with E-state index in [9.17, 15) is 4.79 Å². The van der Waals surface area contributed by atoms with Gasteiger partial charge in [0, 0.05) is 17.8 Å². The molecule has 0 saturated heterocycles. The first-order valence-corrected chi connectivity index (χ1v) is 11.1. The van der Waals surface area contributed by atoms with Crippen molar-refractivity contribution in [2.24, 2.45) is 0 Å². The average molecular weight is 391 g/mol. The first-order chi connectivity index (χ1) is 13.7. The summed E-state index contributed by atoms with van der Waals surface area (Å²) in [6, 6.07) is 7.88. The minimum absolute atomic E-state index is 0.0355. The molecule has 5 nitrogen and oxygen atoms in total. The van der Waals surface area contributed by atoms with Crippen molar-refractivity contribution in [1.29, 1.82) is 0 Å². The van der Waals surface area contributed by atoms with E-state index in [1.54, 1.807) is 0 Å². The van der Waals surface area contributed by atoms with Gasteiger partial charge in [0.2, 0.25) is 0 Å². The van der Waals surface area contributed by atoms with Crippen molar-refractivity contribution in [1.82, 2.24) is 4.90 Å². The summed E-state index contributed by atoms with van der Waals surface area (Å²) >= 11 is 0. The summed E-state index contributed by atoms with van der Waals surface area (Å²) in [4.78, 5) is 14.9. The molecule has 0 aliphatic heterocycles. The molecular weight excluding hydrogens is 352 g/mol. The fraction of sp³-hybridized carbons (Fsp3) is 0.696. The third-order valence-corrected chi connectivity index (χ3v) is 5.55.